The molecule has 0 amide bonds. The van der Waals surface area contributed by atoms with E-state index in [1.165, 1.54) is 30.3 Å². The van der Waals surface area contributed by atoms with E-state index in [2.05, 4.69) is 11.8 Å². The minimum Gasteiger partial charge on any atom is -0.508 e. The lowest BCUT2D eigenvalue weighted by molar-refractivity contribution is 0.0697. The first-order valence-corrected chi connectivity index (χ1v) is 5.88. The van der Waals surface area contributed by atoms with Crippen LogP contribution in [0.25, 0.3) is 0 Å². The van der Waals surface area contributed by atoms with Crippen LogP contribution in [0.4, 0.5) is 4.39 Å². The lowest BCUT2D eigenvalue weighted by Gasteiger charge is -1.99. The first-order chi connectivity index (χ1) is 9.47. The normalized spacial score (nSPS) is 9.70. The lowest BCUT2D eigenvalue weighted by atomic mass is 10.1. The van der Waals surface area contributed by atoms with Gasteiger partial charge in [-0.15, -0.1) is 0 Å². The third-order valence-corrected chi connectivity index (χ3v) is 2.81. The SMILES string of the molecule is O=C(O)c1ccc(C#Cc2ccc(O)cc2F)c(Cl)c1. The molecule has 0 spiro atoms. The Morgan fingerprint density at radius 3 is 2.35 bits per heavy atom. The van der Waals surface area contributed by atoms with Gasteiger partial charge in [0.1, 0.15) is 11.6 Å². The fourth-order valence-corrected chi connectivity index (χ4v) is 1.72. The summed E-state index contributed by atoms with van der Waals surface area (Å²) >= 11 is 5.91. The minimum atomic E-state index is -1.09. The average Bonchev–Trinajstić information content (AvgIpc) is 2.38. The molecule has 2 aromatic rings. The van der Waals surface area contributed by atoms with Crippen LogP contribution in [0.3, 0.4) is 0 Å². The molecule has 0 bridgehead atoms. The monoisotopic (exact) mass is 290 g/mol. The second-order valence-electron chi connectivity index (χ2n) is 3.91. The number of carboxylic acid groups (broad SMARTS) is 1. The number of hydrogen-bond acceptors (Lipinski definition) is 2. The Morgan fingerprint density at radius 2 is 1.75 bits per heavy atom. The van der Waals surface area contributed by atoms with E-state index in [1.54, 1.807) is 0 Å². The largest absolute Gasteiger partial charge is 0.508 e. The minimum absolute atomic E-state index is 0.0522. The number of aromatic hydroxyl groups is 1. The summed E-state index contributed by atoms with van der Waals surface area (Å²) < 4.78 is 13.5. The molecule has 0 aliphatic carbocycles. The molecule has 2 N–H and O–H groups in total. The Morgan fingerprint density at radius 1 is 1.10 bits per heavy atom. The molecule has 100 valence electrons. The van der Waals surface area contributed by atoms with E-state index < -0.39 is 11.8 Å². The quantitative estimate of drug-likeness (QED) is 0.793. The van der Waals surface area contributed by atoms with Crippen LogP contribution < -0.4 is 0 Å². The van der Waals surface area contributed by atoms with Crippen molar-refractivity contribution in [2.75, 3.05) is 0 Å². The molecule has 3 nitrogen and oxygen atoms in total. The molecule has 2 aromatic carbocycles. The molecule has 0 saturated heterocycles. The molecular formula is C15H8ClFO3. The van der Waals surface area contributed by atoms with E-state index in [9.17, 15) is 9.18 Å². The van der Waals surface area contributed by atoms with Crippen molar-refractivity contribution < 1.29 is 19.4 Å². The highest BCUT2D eigenvalue weighted by Crippen LogP contribution is 2.18. The Hall–Kier alpha value is -2.51. The van der Waals surface area contributed by atoms with Crippen LogP contribution in [0.2, 0.25) is 5.02 Å². The van der Waals surface area contributed by atoms with Crippen LogP contribution >= 0.6 is 11.6 Å². The van der Waals surface area contributed by atoms with Gasteiger partial charge in [-0.3, -0.25) is 0 Å². The van der Waals surface area contributed by atoms with Gasteiger partial charge in [0.2, 0.25) is 0 Å². The summed E-state index contributed by atoms with van der Waals surface area (Å²) in [6, 6.07) is 7.72. The van der Waals surface area contributed by atoms with Crippen LogP contribution in [0.15, 0.2) is 36.4 Å². The molecule has 20 heavy (non-hydrogen) atoms. The van der Waals surface area contributed by atoms with Crippen molar-refractivity contribution in [1.29, 1.82) is 0 Å². The zero-order chi connectivity index (χ0) is 14.7. The number of halogens is 2. The van der Waals surface area contributed by atoms with Crippen LogP contribution in [-0.2, 0) is 0 Å². The molecule has 0 heterocycles. The summed E-state index contributed by atoms with van der Waals surface area (Å²) in [5.74, 6) is 3.32. The van der Waals surface area contributed by atoms with Crippen molar-refractivity contribution in [2.24, 2.45) is 0 Å². The standard InChI is InChI=1S/C15H8ClFO3/c16-13-7-11(15(19)20)4-2-9(13)1-3-10-5-6-12(18)8-14(10)17/h2,4-8,18H,(H,19,20). The molecule has 0 fully saturated rings. The number of rotatable bonds is 1. The molecule has 0 saturated carbocycles. The number of carbonyl (C=O) groups is 1. The van der Waals surface area contributed by atoms with Crippen LogP contribution in [0, 0.1) is 17.7 Å². The van der Waals surface area contributed by atoms with Crippen LogP contribution in [0.1, 0.15) is 21.5 Å². The summed E-state index contributed by atoms with van der Waals surface area (Å²) in [5.41, 5.74) is 0.557. The predicted octanol–water partition coefficient (Wildman–Crippen LogP) is 3.28. The molecule has 0 aliphatic rings. The van der Waals surface area contributed by atoms with Gasteiger partial charge in [0.25, 0.3) is 0 Å². The lowest BCUT2D eigenvalue weighted by Crippen LogP contribution is -1.96. The van der Waals surface area contributed by atoms with Gasteiger partial charge >= 0.3 is 5.97 Å². The molecule has 0 aromatic heterocycles. The van der Waals surface area contributed by atoms with Gasteiger partial charge in [-0.2, -0.15) is 0 Å². The summed E-state index contributed by atoms with van der Waals surface area (Å²) in [6.45, 7) is 0. The number of carboxylic acids is 1. The molecule has 0 radical (unpaired) electrons. The average molecular weight is 291 g/mol. The van der Waals surface area contributed by atoms with Gasteiger partial charge in [0.05, 0.1) is 16.1 Å². The third-order valence-electron chi connectivity index (χ3n) is 2.50. The van der Waals surface area contributed by atoms with E-state index in [1.807, 2.05) is 0 Å². The van der Waals surface area contributed by atoms with E-state index in [4.69, 9.17) is 21.8 Å². The Kier molecular flexibility index (Phi) is 3.92. The second kappa shape index (κ2) is 5.64. The van der Waals surface area contributed by atoms with Gasteiger partial charge in [-0.1, -0.05) is 23.4 Å². The maximum Gasteiger partial charge on any atom is 0.335 e. The number of benzene rings is 2. The summed E-state index contributed by atoms with van der Waals surface area (Å²) in [7, 11) is 0. The number of phenolic OH excluding ortho intramolecular Hbond substituents is 1. The number of hydrogen-bond donors (Lipinski definition) is 2. The van der Waals surface area contributed by atoms with Crippen molar-refractivity contribution in [2.45, 2.75) is 0 Å². The fraction of sp³-hybridized carbons (Fsp3) is 0. The molecule has 5 heteroatoms. The van der Waals surface area contributed by atoms with Crippen LogP contribution in [0.5, 0.6) is 5.75 Å². The maximum atomic E-state index is 13.5. The van der Waals surface area contributed by atoms with Crippen LogP contribution in [-0.4, -0.2) is 16.2 Å². The third kappa shape index (κ3) is 3.08. The molecular weight excluding hydrogens is 283 g/mol. The maximum absolute atomic E-state index is 13.5. The number of aromatic carboxylic acids is 1. The fourth-order valence-electron chi connectivity index (χ4n) is 1.49. The molecule has 0 atom stereocenters. The first kappa shape index (κ1) is 13.9. The van der Waals surface area contributed by atoms with Crippen molar-refractivity contribution in [3.05, 3.63) is 63.9 Å². The van der Waals surface area contributed by atoms with Crippen molar-refractivity contribution in [3.8, 4) is 17.6 Å². The van der Waals surface area contributed by atoms with Gasteiger partial charge in [0, 0.05) is 11.6 Å². The molecule has 2 rings (SSSR count). The summed E-state index contributed by atoms with van der Waals surface area (Å²) in [6.07, 6.45) is 0. The first-order valence-electron chi connectivity index (χ1n) is 5.51. The zero-order valence-electron chi connectivity index (χ0n) is 10.0. The van der Waals surface area contributed by atoms with E-state index in [-0.39, 0.29) is 21.9 Å². The highest BCUT2D eigenvalue weighted by Gasteiger charge is 2.05. The highest BCUT2D eigenvalue weighted by molar-refractivity contribution is 6.32. The smallest absolute Gasteiger partial charge is 0.335 e. The molecule has 0 aliphatic heterocycles. The zero-order valence-corrected chi connectivity index (χ0v) is 10.8. The van der Waals surface area contributed by atoms with Gasteiger partial charge in [0.15, 0.2) is 0 Å². The van der Waals surface area contributed by atoms with Gasteiger partial charge < -0.3 is 10.2 Å². The predicted molar refractivity (Wildman–Crippen MR) is 72.5 cm³/mol. The van der Waals surface area contributed by atoms with E-state index in [0.717, 1.165) is 6.07 Å². The van der Waals surface area contributed by atoms with E-state index >= 15 is 0 Å². The van der Waals surface area contributed by atoms with Crippen molar-refractivity contribution in [3.63, 3.8) is 0 Å². The Balaban J connectivity index is 2.36. The number of phenols is 1. The Labute approximate surface area is 119 Å². The van der Waals surface area contributed by atoms with Crippen molar-refractivity contribution in [1.82, 2.24) is 0 Å². The van der Waals surface area contributed by atoms with E-state index in [0.29, 0.717) is 5.56 Å². The molecule has 0 unspecified atom stereocenters. The van der Waals surface area contributed by atoms with Gasteiger partial charge in [-0.05, 0) is 30.3 Å². The second-order valence-corrected chi connectivity index (χ2v) is 4.32. The topological polar surface area (TPSA) is 57.5 Å². The highest BCUT2D eigenvalue weighted by atomic mass is 35.5. The summed E-state index contributed by atoms with van der Waals surface area (Å²) in [4.78, 5) is 10.8. The summed E-state index contributed by atoms with van der Waals surface area (Å²) in [5, 5.41) is 18.1. The van der Waals surface area contributed by atoms with Crippen molar-refractivity contribution >= 4 is 17.6 Å². The Bertz CT molecular complexity index is 745. The van der Waals surface area contributed by atoms with Gasteiger partial charge in [-0.25, -0.2) is 9.18 Å².